The van der Waals surface area contributed by atoms with E-state index in [2.05, 4.69) is 20.8 Å². The molecule has 2 fully saturated rings. The molecule has 0 radical (unpaired) electrons. The summed E-state index contributed by atoms with van der Waals surface area (Å²) in [6.07, 6.45) is 12.2. The molecular formula is C16H31N. The lowest BCUT2D eigenvalue weighted by Gasteiger charge is -2.41. The molecule has 0 aromatic rings. The molecule has 2 rings (SSSR count). The Kier molecular flexibility index (Phi) is 3.87. The minimum atomic E-state index is 0.169. The first-order valence-electron chi connectivity index (χ1n) is 7.70. The van der Waals surface area contributed by atoms with E-state index in [0.29, 0.717) is 5.41 Å². The molecule has 17 heavy (non-hydrogen) atoms. The zero-order chi connectivity index (χ0) is 12.5. The number of rotatable bonds is 1. The van der Waals surface area contributed by atoms with Crippen LogP contribution in [0.15, 0.2) is 0 Å². The van der Waals surface area contributed by atoms with Gasteiger partial charge >= 0.3 is 0 Å². The van der Waals surface area contributed by atoms with Gasteiger partial charge in [-0.3, -0.25) is 0 Å². The molecule has 2 aliphatic rings. The van der Waals surface area contributed by atoms with E-state index >= 15 is 0 Å². The zero-order valence-electron chi connectivity index (χ0n) is 12.1. The van der Waals surface area contributed by atoms with Crippen molar-refractivity contribution < 1.29 is 0 Å². The van der Waals surface area contributed by atoms with Crippen LogP contribution in [-0.2, 0) is 0 Å². The molecule has 2 aliphatic carbocycles. The van der Waals surface area contributed by atoms with Crippen LogP contribution in [0.3, 0.4) is 0 Å². The average molecular weight is 237 g/mol. The smallest absolute Gasteiger partial charge is 0.0183 e. The molecule has 0 heterocycles. The third kappa shape index (κ3) is 3.24. The van der Waals surface area contributed by atoms with E-state index in [4.69, 9.17) is 5.73 Å². The van der Waals surface area contributed by atoms with Crippen molar-refractivity contribution in [3.8, 4) is 0 Å². The lowest BCUT2D eigenvalue weighted by molar-refractivity contribution is 0.150. The molecule has 3 unspecified atom stereocenters. The minimum absolute atomic E-state index is 0.169. The SMILES string of the molecule is CC1CCCC(C2(N)CCCC(C)(C)CC2)C1. The van der Waals surface area contributed by atoms with Crippen LogP contribution in [-0.4, -0.2) is 5.54 Å². The zero-order valence-corrected chi connectivity index (χ0v) is 12.1. The van der Waals surface area contributed by atoms with Crippen molar-refractivity contribution in [2.24, 2.45) is 23.0 Å². The van der Waals surface area contributed by atoms with Gasteiger partial charge in [0.2, 0.25) is 0 Å². The second-order valence-electron chi connectivity index (χ2n) is 7.72. The van der Waals surface area contributed by atoms with Crippen molar-refractivity contribution in [2.45, 2.75) is 84.1 Å². The lowest BCUT2D eigenvalue weighted by Crippen LogP contribution is -2.48. The fraction of sp³-hybridized carbons (Fsp3) is 1.00. The summed E-state index contributed by atoms with van der Waals surface area (Å²) in [5.41, 5.74) is 7.52. The summed E-state index contributed by atoms with van der Waals surface area (Å²) < 4.78 is 0. The first kappa shape index (κ1) is 13.4. The number of hydrogen-bond donors (Lipinski definition) is 1. The minimum Gasteiger partial charge on any atom is -0.325 e. The van der Waals surface area contributed by atoms with Gasteiger partial charge in [-0.05, 0) is 55.8 Å². The van der Waals surface area contributed by atoms with Gasteiger partial charge in [0, 0.05) is 5.54 Å². The quantitative estimate of drug-likeness (QED) is 0.668. The van der Waals surface area contributed by atoms with Crippen molar-refractivity contribution in [3.05, 3.63) is 0 Å². The van der Waals surface area contributed by atoms with E-state index in [-0.39, 0.29) is 5.54 Å². The first-order valence-corrected chi connectivity index (χ1v) is 7.70. The van der Waals surface area contributed by atoms with Crippen molar-refractivity contribution in [1.82, 2.24) is 0 Å². The fourth-order valence-electron chi connectivity index (χ4n) is 4.08. The topological polar surface area (TPSA) is 26.0 Å². The van der Waals surface area contributed by atoms with Crippen molar-refractivity contribution in [2.75, 3.05) is 0 Å². The van der Waals surface area contributed by atoms with Crippen LogP contribution in [0.2, 0.25) is 0 Å². The number of nitrogens with two attached hydrogens (primary N) is 1. The average Bonchev–Trinajstić information content (AvgIpc) is 2.39. The highest BCUT2D eigenvalue weighted by Crippen LogP contribution is 2.44. The molecule has 0 aliphatic heterocycles. The summed E-state index contributed by atoms with van der Waals surface area (Å²) in [5.74, 6) is 1.71. The summed E-state index contributed by atoms with van der Waals surface area (Å²) >= 11 is 0. The molecule has 2 N–H and O–H groups in total. The molecule has 3 atom stereocenters. The Bertz CT molecular complexity index is 258. The van der Waals surface area contributed by atoms with Crippen LogP contribution in [0.4, 0.5) is 0 Å². The van der Waals surface area contributed by atoms with Gasteiger partial charge in [-0.1, -0.05) is 40.0 Å². The molecule has 2 saturated carbocycles. The molecule has 1 nitrogen and oxygen atoms in total. The van der Waals surface area contributed by atoms with Crippen LogP contribution in [0, 0.1) is 17.3 Å². The lowest BCUT2D eigenvalue weighted by atomic mass is 9.68. The van der Waals surface area contributed by atoms with E-state index in [9.17, 15) is 0 Å². The van der Waals surface area contributed by atoms with E-state index in [0.717, 1.165) is 11.8 Å². The van der Waals surface area contributed by atoms with Crippen molar-refractivity contribution in [1.29, 1.82) is 0 Å². The van der Waals surface area contributed by atoms with Gasteiger partial charge in [0.1, 0.15) is 0 Å². The molecule has 0 bridgehead atoms. The van der Waals surface area contributed by atoms with Crippen LogP contribution in [0.25, 0.3) is 0 Å². The highest BCUT2D eigenvalue weighted by Gasteiger charge is 2.39. The van der Waals surface area contributed by atoms with Crippen LogP contribution in [0.1, 0.15) is 78.6 Å². The summed E-state index contributed by atoms with van der Waals surface area (Å²) in [6, 6.07) is 0. The highest BCUT2D eigenvalue weighted by atomic mass is 14.8. The predicted octanol–water partition coefficient (Wildman–Crippen LogP) is 4.50. The van der Waals surface area contributed by atoms with Crippen LogP contribution in [0.5, 0.6) is 0 Å². The van der Waals surface area contributed by atoms with E-state index < -0.39 is 0 Å². The Morgan fingerprint density at radius 1 is 0.941 bits per heavy atom. The van der Waals surface area contributed by atoms with Crippen molar-refractivity contribution in [3.63, 3.8) is 0 Å². The van der Waals surface area contributed by atoms with Gasteiger partial charge in [0.25, 0.3) is 0 Å². The van der Waals surface area contributed by atoms with Gasteiger partial charge in [0.05, 0.1) is 0 Å². The van der Waals surface area contributed by atoms with Gasteiger partial charge in [-0.2, -0.15) is 0 Å². The molecule has 0 aromatic heterocycles. The molecule has 0 saturated heterocycles. The van der Waals surface area contributed by atoms with Gasteiger partial charge < -0.3 is 5.73 Å². The Labute approximate surface area is 108 Å². The standard InChI is InChI=1S/C16H31N/c1-13-6-4-7-14(12-13)16(17)9-5-8-15(2,3)10-11-16/h13-14H,4-12,17H2,1-3H3. The molecular weight excluding hydrogens is 206 g/mol. The first-order chi connectivity index (χ1) is 7.91. The normalized spacial score (nSPS) is 43.1. The van der Waals surface area contributed by atoms with Crippen molar-refractivity contribution >= 4 is 0 Å². The second kappa shape index (κ2) is 4.91. The third-order valence-electron chi connectivity index (χ3n) is 5.51. The Morgan fingerprint density at radius 3 is 2.41 bits per heavy atom. The Hall–Kier alpha value is -0.0400. The highest BCUT2D eigenvalue weighted by molar-refractivity contribution is 4.96. The molecule has 1 heteroatoms. The second-order valence-corrected chi connectivity index (χ2v) is 7.72. The van der Waals surface area contributed by atoms with E-state index in [1.807, 2.05) is 0 Å². The summed E-state index contributed by atoms with van der Waals surface area (Å²) in [5, 5.41) is 0. The van der Waals surface area contributed by atoms with Crippen LogP contribution < -0.4 is 5.73 Å². The molecule has 100 valence electrons. The maximum Gasteiger partial charge on any atom is 0.0183 e. The molecule has 0 amide bonds. The van der Waals surface area contributed by atoms with Crippen LogP contribution >= 0.6 is 0 Å². The molecule has 0 spiro atoms. The number of hydrogen-bond acceptors (Lipinski definition) is 1. The molecule has 0 aromatic carbocycles. The Morgan fingerprint density at radius 2 is 1.71 bits per heavy atom. The third-order valence-corrected chi connectivity index (χ3v) is 5.51. The van der Waals surface area contributed by atoms with E-state index in [1.54, 1.807) is 0 Å². The predicted molar refractivity (Wildman–Crippen MR) is 74.9 cm³/mol. The van der Waals surface area contributed by atoms with Gasteiger partial charge in [-0.15, -0.1) is 0 Å². The summed E-state index contributed by atoms with van der Waals surface area (Å²) in [6.45, 7) is 7.25. The Balaban J connectivity index is 2.02. The maximum absolute atomic E-state index is 6.82. The summed E-state index contributed by atoms with van der Waals surface area (Å²) in [4.78, 5) is 0. The van der Waals surface area contributed by atoms with E-state index in [1.165, 1.54) is 57.8 Å². The van der Waals surface area contributed by atoms with Gasteiger partial charge in [0.15, 0.2) is 0 Å². The fourth-order valence-corrected chi connectivity index (χ4v) is 4.08. The van der Waals surface area contributed by atoms with Gasteiger partial charge in [-0.25, -0.2) is 0 Å². The monoisotopic (exact) mass is 237 g/mol. The largest absolute Gasteiger partial charge is 0.325 e. The maximum atomic E-state index is 6.82. The summed E-state index contributed by atoms with van der Waals surface area (Å²) in [7, 11) is 0.